The Morgan fingerprint density at radius 2 is 2.20 bits per heavy atom. The summed E-state index contributed by atoms with van der Waals surface area (Å²) >= 11 is 4.74. The number of hydrogen-bond donors (Lipinski definition) is 1. The summed E-state index contributed by atoms with van der Waals surface area (Å²) in [6.45, 7) is 0. The fourth-order valence-corrected chi connectivity index (χ4v) is 3.17. The molecule has 1 amide bonds. The first-order valence-electron chi connectivity index (χ1n) is 6.28. The fraction of sp³-hybridized carbons (Fsp3) is 0.308. The molecule has 0 atom stereocenters. The Bertz CT molecular complexity index is 654. The van der Waals surface area contributed by atoms with Crippen LogP contribution in [0.2, 0.25) is 0 Å². The Balaban J connectivity index is 1.81. The van der Waals surface area contributed by atoms with E-state index in [4.69, 9.17) is 0 Å². The van der Waals surface area contributed by atoms with Crippen molar-refractivity contribution < 1.29 is 4.79 Å². The number of para-hydroxylation sites is 1. The van der Waals surface area contributed by atoms with Crippen molar-refractivity contribution in [1.29, 1.82) is 0 Å². The molecule has 2 aromatic rings. The topological polar surface area (TPSA) is 59.8 Å². The van der Waals surface area contributed by atoms with Gasteiger partial charge in [-0.25, -0.2) is 4.68 Å². The van der Waals surface area contributed by atoms with Crippen molar-refractivity contribution in [3.05, 3.63) is 29.0 Å². The number of aromatic nitrogens is 3. The van der Waals surface area contributed by atoms with E-state index in [0.717, 1.165) is 28.6 Å². The number of anilines is 1. The van der Waals surface area contributed by atoms with Crippen LogP contribution in [0.15, 0.2) is 39.1 Å². The van der Waals surface area contributed by atoms with Crippen molar-refractivity contribution in [3.8, 4) is 0 Å². The maximum Gasteiger partial charge on any atom is 0.227 e. The van der Waals surface area contributed by atoms with Crippen molar-refractivity contribution >= 4 is 39.3 Å². The van der Waals surface area contributed by atoms with Crippen LogP contribution < -0.4 is 5.32 Å². The quantitative estimate of drug-likeness (QED) is 0.918. The zero-order valence-electron chi connectivity index (χ0n) is 10.8. The number of nitrogens with zero attached hydrogens (tertiary/aromatic N) is 3. The molecule has 1 aliphatic rings. The molecule has 0 radical (unpaired) electrons. The molecule has 1 N–H and O–H groups in total. The number of halogens is 1. The second-order valence-electron chi connectivity index (χ2n) is 4.65. The van der Waals surface area contributed by atoms with E-state index in [-0.39, 0.29) is 11.8 Å². The van der Waals surface area contributed by atoms with E-state index in [9.17, 15) is 4.79 Å². The SMILES string of the molecule is Cn1nc(Br)nc1Sc1ccccc1NC(=O)C1CC1. The van der Waals surface area contributed by atoms with Gasteiger partial charge in [0.2, 0.25) is 10.6 Å². The minimum absolute atomic E-state index is 0.109. The first kappa shape index (κ1) is 13.6. The lowest BCUT2D eigenvalue weighted by Gasteiger charge is -2.09. The predicted octanol–water partition coefficient (Wildman–Crippen LogP) is 3.08. The third-order valence-corrected chi connectivity index (χ3v) is 4.44. The summed E-state index contributed by atoms with van der Waals surface area (Å²) in [5.41, 5.74) is 0.827. The molecule has 3 rings (SSSR count). The minimum Gasteiger partial charge on any atom is -0.325 e. The molecule has 20 heavy (non-hydrogen) atoms. The van der Waals surface area contributed by atoms with E-state index in [1.807, 2.05) is 31.3 Å². The predicted molar refractivity (Wildman–Crippen MR) is 80.6 cm³/mol. The van der Waals surface area contributed by atoms with Crippen LogP contribution >= 0.6 is 27.7 Å². The highest BCUT2D eigenvalue weighted by atomic mass is 79.9. The van der Waals surface area contributed by atoms with E-state index in [1.54, 1.807) is 4.68 Å². The third-order valence-electron chi connectivity index (χ3n) is 2.99. The van der Waals surface area contributed by atoms with Gasteiger partial charge >= 0.3 is 0 Å². The molecular weight excluding hydrogens is 340 g/mol. The van der Waals surface area contributed by atoms with Crippen molar-refractivity contribution in [2.45, 2.75) is 22.9 Å². The van der Waals surface area contributed by atoms with Crippen molar-refractivity contribution in [1.82, 2.24) is 14.8 Å². The average molecular weight is 353 g/mol. The molecule has 1 saturated carbocycles. The smallest absolute Gasteiger partial charge is 0.227 e. The summed E-state index contributed by atoms with van der Waals surface area (Å²) in [6.07, 6.45) is 1.99. The Kier molecular flexibility index (Phi) is 3.80. The van der Waals surface area contributed by atoms with Gasteiger partial charge < -0.3 is 5.32 Å². The van der Waals surface area contributed by atoms with Crippen LogP contribution in [0, 0.1) is 5.92 Å². The number of benzene rings is 1. The number of carbonyl (C=O) groups excluding carboxylic acids is 1. The Morgan fingerprint density at radius 3 is 2.85 bits per heavy atom. The van der Waals surface area contributed by atoms with Crippen molar-refractivity contribution in [2.75, 3.05) is 5.32 Å². The largest absolute Gasteiger partial charge is 0.325 e. The molecule has 0 aliphatic heterocycles. The lowest BCUT2D eigenvalue weighted by Crippen LogP contribution is -2.13. The summed E-state index contributed by atoms with van der Waals surface area (Å²) < 4.78 is 2.26. The van der Waals surface area contributed by atoms with E-state index in [0.29, 0.717) is 4.73 Å². The highest BCUT2D eigenvalue weighted by Gasteiger charge is 2.30. The summed E-state index contributed by atoms with van der Waals surface area (Å²) in [5.74, 6) is 0.300. The lowest BCUT2D eigenvalue weighted by atomic mass is 10.3. The van der Waals surface area contributed by atoms with Gasteiger partial charge in [0.15, 0.2) is 5.16 Å². The summed E-state index contributed by atoms with van der Waals surface area (Å²) in [4.78, 5) is 17.1. The van der Waals surface area contributed by atoms with Crippen molar-refractivity contribution in [3.63, 3.8) is 0 Å². The molecular formula is C13H13BrN4OS. The molecule has 0 bridgehead atoms. The van der Waals surface area contributed by atoms with Gasteiger partial charge in [0.05, 0.1) is 5.69 Å². The van der Waals surface area contributed by atoms with E-state index in [1.165, 1.54) is 11.8 Å². The van der Waals surface area contributed by atoms with Crippen LogP contribution in [-0.4, -0.2) is 20.7 Å². The number of nitrogens with one attached hydrogen (secondary N) is 1. The first-order valence-corrected chi connectivity index (χ1v) is 7.89. The summed E-state index contributed by atoms with van der Waals surface area (Å²) in [7, 11) is 1.84. The Labute approximate surface area is 129 Å². The Morgan fingerprint density at radius 1 is 1.45 bits per heavy atom. The van der Waals surface area contributed by atoms with Crippen LogP contribution in [0.4, 0.5) is 5.69 Å². The molecule has 0 saturated heterocycles. The zero-order chi connectivity index (χ0) is 14.1. The molecule has 104 valence electrons. The van der Waals surface area contributed by atoms with Gasteiger partial charge in [-0.2, -0.15) is 4.98 Å². The zero-order valence-corrected chi connectivity index (χ0v) is 13.2. The van der Waals surface area contributed by atoms with Crippen LogP contribution in [0.25, 0.3) is 0 Å². The molecule has 1 aliphatic carbocycles. The first-order chi connectivity index (χ1) is 9.63. The summed E-state index contributed by atoms with van der Waals surface area (Å²) in [5, 5.41) is 7.91. The van der Waals surface area contributed by atoms with Gasteiger partial charge in [-0.1, -0.05) is 12.1 Å². The van der Waals surface area contributed by atoms with Crippen LogP contribution in [0.5, 0.6) is 0 Å². The standard InChI is InChI=1S/C13H13BrN4OS/c1-18-13(16-12(14)17-18)20-10-5-3-2-4-9(10)15-11(19)8-6-7-8/h2-5,8H,6-7H2,1H3,(H,15,19). The van der Waals surface area contributed by atoms with Crippen molar-refractivity contribution in [2.24, 2.45) is 13.0 Å². The average Bonchev–Trinajstić information content (AvgIpc) is 3.20. The fourth-order valence-electron chi connectivity index (χ4n) is 1.77. The molecule has 1 fully saturated rings. The lowest BCUT2D eigenvalue weighted by molar-refractivity contribution is -0.117. The molecule has 7 heteroatoms. The minimum atomic E-state index is 0.109. The monoisotopic (exact) mass is 352 g/mol. The third kappa shape index (κ3) is 3.04. The van der Waals surface area contributed by atoms with Gasteiger partial charge in [-0.3, -0.25) is 4.79 Å². The van der Waals surface area contributed by atoms with Crippen LogP contribution in [0.1, 0.15) is 12.8 Å². The number of amides is 1. The molecule has 0 unspecified atom stereocenters. The number of hydrogen-bond acceptors (Lipinski definition) is 4. The second-order valence-corrected chi connectivity index (χ2v) is 6.37. The van der Waals surface area contributed by atoms with Gasteiger partial charge in [0.25, 0.3) is 0 Å². The van der Waals surface area contributed by atoms with E-state index in [2.05, 4.69) is 31.3 Å². The van der Waals surface area contributed by atoms with Crippen LogP contribution in [-0.2, 0) is 11.8 Å². The molecule has 1 aromatic carbocycles. The molecule has 0 spiro atoms. The number of carbonyl (C=O) groups is 1. The molecule has 1 heterocycles. The van der Waals surface area contributed by atoms with Gasteiger partial charge in [0, 0.05) is 17.9 Å². The van der Waals surface area contributed by atoms with Gasteiger partial charge in [0.1, 0.15) is 0 Å². The second kappa shape index (κ2) is 5.57. The molecule has 1 aromatic heterocycles. The highest BCUT2D eigenvalue weighted by Crippen LogP contribution is 2.35. The van der Waals surface area contributed by atoms with Gasteiger partial charge in [-0.15, -0.1) is 5.10 Å². The maximum atomic E-state index is 11.9. The Hall–Kier alpha value is -1.34. The highest BCUT2D eigenvalue weighted by molar-refractivity contribution is 9.10. The van der Waals surface area contributed by atoms with E-state index >= 15 is 0 Å². The van der Waals surface area contributed by atoms with E-state index < -0.39 is 0 Å². The number of rotatable bonds is 4. The maximum absolute atomic E-state index is 11.9. The normalized spacial score (nSPS) is 14.3. The van der Waals surface area contributed by atoms with Gasteiger partial charge in [-0.05, 0) is 52.7 Å². The summed E-state index contributed by atoms with van der Waals surface area (Å²) in [6, 6.07) is 7.74. The van der Waals surface area contributed by atoms with Crippen LogP contribution in [0.3, 0.4) is 0 Å². The number of aryl methyl sites for hydroxylation is 1. The molecule has 5 nitrogen and oxygen atoms in total.